The molecule has 1 unspecified atom stereocenters. The van der Waals surface area contributed by atoms with Gasteiger partial charge in [0.15, 0.2) is 6.10 Å². The Labute approximate surface area is 482 Å². The van der Waals surface area contributed by atoms with E-state index in [4.69, 9.17) is 14.2 Å². The van der Waals surface area contributed by atoms with Crippen LogP contribution < -0.4 is 0 Å². The average Bonchev–Trinajstić information content (AvgIpc) is 3.44. The molecule has 0 aliphatic carbocycles. The highest BCUT2D eigenvalue weighted by atomic mass is 16.6. The van der Waals surface area contributed by atoms with Gasteiger partial charge in [-0.05, 0) is 103 Å². The van der Waals surface area contributed by atoms with E-state index in [1.54, 1.807) is 0 Å². The van der Waals surface area contributed by atoms with Gasteiger partial charge in [-0.3, -0.25) is 14.4 Å². The molecule has 0 fully saturated rings. The van der Waals surface area contributed by atoms with Crippen LogP contribution in [0.5, 0.6) is 0 Å². The van der Waals surface area contributed by atoms with Gasteiger partial charge in [0.1, 0.15) is 13.2 Å². The maximum absolute atomic E-state index is 12.9. The van der Waals surface area contributed by atoms with Crippen LogP contribution in [-0.4, -0.2) is 37.2 Å². The molecule has 0 rings (SSSR count). The lowest BCUT2D eigenvalue weighted by atomic mass is 10.0. The number of allylic oxidation sites excluding steroid dienone is 20. The van der Waals surface area contributed by atoms with Gasteiger partial charge in [-0.25, -0.2) is 0 Å². The van der Waals surface area contributed by atoms with Crippen LogP contribution >= 0.6 is 0 Å². The number of hydrogen-bond acceptors (Lipinski definition) is 6. The molecular formula is C72H120O6. The van der Waals surface area contributed by atoms with E-state index in [1.165, 1.54) is 122 Å². The largest absolute Gasteiger partial charge is 0.462 e. The van der Waals surface area contributed by atoms with Crippen molar-refractivity contribution >= 4 is 17.9 Å². The van der Waals surface area contributed by atoms with Crippen molar-refractivity contribution in [1.82, 2.24) is 0 Å². The van der Waals surface area contributed by atoms with Gasteiger partial charge in [0, 0.05) is 19.3 Å². The second-order valence-electron chi connectivity index (χ2n) is 21.3. The zero-order valence-electron chi connectivity index (χ0n) is 50.9. The Kier molecular flexibility index (Phi) is 61.8. The third-order valence-corrected chi connectivity index (χ3v) is 13.7. The summed E-state index contributed by atoms with van der Waals surface area (Å²) in [6.07, 6.45) is 90.7. The molecule has 0 bridgehead atoms. The summed E-state index contributed by atoms with van der Waals surface area (Å²) in [5.74, 6) is -0.975. The molecule has 0 saturated carbocycles. The van der Waals surface area contributed by atoms with Crippen molar-refractivity contribution < 1.29 is 28.6 Å². The molecule has 444 valence electrons. The lowest BCUT2D eigenvalue weighted by Gasteiger charge is -2.18. The van der Waals surface area contributed by atoms with Crippen LogP contribution in [0.4, 0.5) is 0 Å². The number of esters is 3. The Bertz CT molecular complexity index is 1620. The molecule has 0 heterocycles. The molecule has 0 amide bonds. The molecule has 0 aromatic carbocycles. The highest BCUT2D eigenvalue weighted by Crippen LogP contribution is 2.17. The Balaban J connectivity index is 4.46. The van der Waals surface area contributed by atoms with Crippen LogP contribution in [0.1, 0.15) is 297 Å². The molecule has 0 aromatic rings. The zero-order valence-corrected chi connectivity index (χ0v) is 50.9. The van der Waals surface area contributed by atoms with E-state index in [-0.39, 0.29) is 37.5 Å². The quantitative estimate of drug-likeness (QED) is 0.0261. The third-order valence-electron chi connectivity index (χ3n) is 13.7. The lowest BCUT2D eigenvalue weighted by Crippen LogP contribution is -2.30. The minimum absolute atomic E-state index is 0.106. The number of carbonyl (C=O) groups excluding carboxylic acids is 3. The fourth-order valence-corrected chi connectivity index (χ4v) is 8.92. The van der Waals surface area contributed by atoms with Crippen LogP contribution in [0.25, 0.3) is 0 Å². The van der Waals surface area contributed by atoms with Crippen molar-refractivity contribution in [2.24, 2.45) is 0 Å². The fraction of sp³-hybridized carbons (Fsp3) is 0.681. The standard InChI is InChI=1S/C72H120O6/c1-4-7-10-13-16-19-22-25-28-30-32-34-36-38-39-41-44-47-50-53-56-59-62-65-71(74)77-68-69(67-76-70(73)64-61-58-55-52-49-46-43-27-24-21-18-15-12-9-6-3)78-72(75)66-63-60-57-54-51-48-45-42-40-37-35-33-31-29-26-23-20-17-14-11-8-5-2/h7,9-10,12,16,18-19,21,25,27-28,32,34,38-39,43-44,47,53,56,69H,4-6,8,11,13-15,17,20,22-24,26,29-31,33,35-37,40-42,45-46,48-52,54-55,57-68H2,1-3H3/b10-7-,12-9-,19-16-,21-18-,28-25-,34-32-,39-38-,43-27-,47-44-,56-53-. The Morgan fingerprint density at radius 2 is 0.513 bits per heavy atom. The van der Waals surface area contributed by atoms with Gasteiger partial charge in [-0.1, -0.05) is 296 Å². The summed E-state index contributed by atoms with van der Waals surface area (Å²) in [6, 6.07) is 0. The van der Waals surface area contributed by atoms with Crippen LogP contribution in [0.2, 0.25) is 0 Å². The van der Waals surface area contributed by atoms with Gasteiger partial charge >= 0.3 is 17.9 Å². The van der Waals surface area contributed by atoms with Gasteiger partial charge in [0.25, 0.3) is 0 Å². The summed E-state index contributed by atoms with van der Waals surface area (Å²) in [5, 5.41) is 0. The average molecular weight is 1080 g/mol. The van der Waals surface area contributed by atoms with E-state index >= 15 is 0 Å². The smallest absolute Gasteiger partial charge is 0.306 e. The topological polar surface area (TPSA) is 78.9 Å². The van der Waals surface area contributed by atoms with Crippen molar-refractivity contribution in [2.45, 2.75) is 303 Å². The highest BCUT2D eigenvalue weighted by molar-refractivity contribution is 5.71. The van der Waals surface area contributed by atoms with Gasteiger partial charge in [0.2, 0.25) is 0 Å². The van der Waals surface area contributed by atoms with Crippen molar-refractivity contribution in [1.29, 1.82) is 0 Å². The number of carbonyl (C=O) groups is 3. The van der Waals surface area contributed by atoms with E-state index in [9.17, 15) is 14.4 Å². The Hall–Kier alpha value is -4.19. The second-order valence-corrected chi connectivity index (χ2v) is 21.3. The number of ether oxygens (including phenoxy) is 3. The highest BCUT2D eigenvalue weighted by Gasteiger charge is 2.19. The van der Waals surface area contributed by atoms with E-state index in [2.05, 4.69) is 142 Å². The first-order chi connectivity index (χ1) is 38.5. The maximum atomic E-state index is 12.9. The summed E-state index contributed by atoms with van der Waals surface area (Å²) >= 11 is 0. The molecule has 1 atom stereocenters. The molecule has 0 saturated heterocycles. The van der Waals surface area contributed by atoms with Crippen LogP contribution in [0, 0.1) is 0 Å². The van der Waals surface area contributed by atoms with Gasteiger partial charge in [-0.2, -0.15) is 0 Å². The molecule has 0 N–H and O–H groups in total. The summed E-state index contributed by atoms with van der Waals surface area (Å²) in [5.41, 5.74) is 0. The summed E-state index contributed by atoms with van der Waals surface area (Å²) in [6.45, 7) is 6.38. The first-order valence-corrected chi connectivity index (χ1v) is 32.5. The predicted molar refractivity (Wildman–Crippen MR) is 339 cm³/mol. The summed E-state index contributed by atoms with van der Waals surface area (Å²) < 4.78 is 16.9. The molecule has 0 aliphatic heterocycles. The van der Waals surface area contributed by atoms with Gasteiger partial charge < -0.3 is 14.2 Å². The SMILES string of the molecule is CC/C=C\C/C=C\C/C=C\C/C=C\C/C=C\C/C=C\C/C=C\CCCC(=O)OCC(COC(=O)CCCCCCC/C=C\C/C=C\C/C=C\CC)OC(=O)CCCCCCCCCCCCCCCCCCCCCCCC. The van der Waals surface area contributed by atoms with Crippen LogP contribution in [-0.2, 0) is 28.6 Å². The monoisotopic (exact) mass is 1080 g/mol. The van der Waals surface area contributed by atoms with E-state index in [0.717, 1.165) is 128 Å². The first kappa shape index (κ1) is 73.8. The van der Waals surface area contributed by atoms with Crippen LogP contribution in [0.3, 0.4) is 0 Å². The van der Waals surface area contributed by atoms with Crippen molar-refractivity contribution in [2.75, 3.05) is 13.2 Å². The van der Waals surface area contributed by atoms with E-state index in [0.29, 0.717) is 19.3 Å². The van der Waals surface area contributed by atoms with Crippen molar-refractivity contribution in [3.05, 3.63) is 122 Å². The van der Waals surface area contributed by atoms with Crippen molar-refractivity contribution in [3.63, 3.8) is 0 Å². The van der Waals surface area contributed by atoms with Crippen LogP contribution in [0.15, 0.2) is 122 Å². The number of unbranched alkanes of at least 4 members (excludes halogenated alkanes) is 27. The number of hydrogen-bond donors (Lipinski definition) is 0. The minimum atomic E-state index is -0.812. The first-order valence-electron chi connectivity index (χ1n) is 32.5. The van der Waals surface area contributed by atoms with Crippen molar-refractivity contribution in [3.8, 4) is 0 Å². The molecule has 0 radical (unpaired) electrons. The fourth-order valence-electron chi connectivity index (χ4n) is 8.92. The molecule has 0 aliphatic rings. The van der Waals surface area contributed by atoms with E-state index < -0.39 is 6.10 Å². The second kappa shape index (κ2) is 65.3. The molecule has 6 heteroatoms. The molecule has 6 nitrogen and oxygen atoms in total. The normalized spacial score (nSPS) is 12.9. The minimum Gasteiger partial charge on any atom is -0.462 e. The third kappa shape index (κ3) is 62.7. The molecular weight excluding hydrogens is 961 g/mol. The van der Waals surface area contributed by atoms with Gasteiger partial charge in [-0.15, -0.1) is 0 Å². The van der Waals surface area contributed by atoms with Gasteiger partial charge in [0.05, 0.1) is 0 Å². The lowest BCUT2D eigenvalue weighted by molar-refractivity contribution is -0.167. The van der Waals surface area contributed by atoms with E-state index in [1.807, 2.05) is 0 Å². The Morgan fingerprint density at radius 3 is 0.833 bits per heavy atom. The number of rotatable bonds is 58. The Morgan fingerprint density at radius 1 is 0.269 bits per heavy atom. The summed E-state index contributed by atoms with van der Waals surface area (Å²) in [4.78, 5) is 38.3. The molecule has 0 spiro atoms. The molecule has 78 heavy (non-hydrogen) atoms. The maximum Gasteiger partial charge on any atom is 0.306 e. The predicted octanol–water partition coefficient (Wildman–Crippen LogP) is 22.4. The zero-order chi connectivity index (χ0) is 56.4. The molecule has 0 aromatic heterocycles. The summed E-state index contributed by atoms with van der Waals surface area (Å²) in [7, 11) is 0.